The van der Waals surface area contributed by atoms with E-state index in [4.69, 9.17) is 11.6 Å². The average Bonchev–Trinajstić information content (AvgIpc) is 3.36. The molecular weight excluding hydrogens is 624 g/mol. The number of rotatable bonds is 9. The van der Waals surface area contributed by atoms with Crippen LogP contribution in [0.15, 0.2) is 89.5 Å². The first-order valence-electron chi connectivity index (χ1n) is 14.5. The molecule has 0 radical (unpaired) electrons. The molecule has 2 unspecified atom stereocenters. The number of thiophene rings is 1. The second kappa shape index (κ2) is 14.6. The first kappa shape index (κ1) is 32.0. The first-order valence-corrected chi connectivity index (χ1v) is 16.5. The lowest BCUT2D eigenvalue weighted by Crippen LogP contribution is -2.30. The van der Waals surface area contributed by atoms with E-state index < -0.39 is 17.1 Å². The summed E-state index contributed by atoms with van der Waals surface area (Å²) in [5.41, 5.74) is 3.24. The van der Waals surface area contributed by atoms with Gasteiger partial charge in [0, 0.05) is 26.0 Å². The van der Waals surface area contributed by atoms with Crippen molar-refractivity contribution >= 4 is 69.2 Å². The fourth-order valence-electron chi connectivity index (χ4n) is 4.98. The standard InChI is InChI=1S/C35H31ClN4O3S2/c1-21-14-15-28-29(20-37)35(45-31(28)16-21)40-32(41)22(2)44-27-13-7-12-26(19-27)38-34(43)30(18-23-8-6-11-25(36)17-23)39-33(42)24-9-4-3-5-10-24/h3-13,17-19,21-22H,14-16H2,1-2H3,(H,38,43)(H,39,42)(H,40,41)/b30-18-. The summed E-state index contributed by atoms with van der Waals surface area (Å²) in [5, 5.41) is 19.0. The molecule has 1 aromatic heterocycles. The van der Waals surface area contributed by atoms with Crippen LogP contribution in [-0.4, -0.2) is 23.0 Å². The van der Waals surface area contributed by atoms with E-state index >= 15 is 0 Å². The number of benzene rings is 3. The molecule has 45 heavy (non-hydrogen) atoms. The summed E-state index contributed by atoms with van der Waals surface area (Å²) in [6.07, 6.45) is 4.40. The largest absolute Gasteiger partial charge is 0.321 e. The Morgan fingerprint density at radius 1 is 1.04 bits per heavy atom. The van der Waals surface area contributed by atoms with Crippen LogP contribution in [-0.2, 0) is 22.4 Å². The average molecular weight is 655 g/mol. The highest BCUT2D eigenvalue weighted by Crippen LogP contribution is 2.39. The molecule has 228 valence electrons. The predicted octanol–water partition coefficient (Wildman–Crippen LogP) is 7.93. The topological polar surface area (TPSA) is 111 Å². The van der Waals surface area contributed by atoms with Gasteiger partial charge in [-0.05, 0) is 91.8 Å². The van der Waals surface area contributed by atoms with E-state index in [2.05, 4.69) is 28.9 Å². The molecule has 0 fully saturated rings. The van der Waals surface area contributed by atoms with Crippen LogP contribution in [0.25, 0.3) is 6.08 Å². The molecule has 3 aromatic carbocycles. The van der Waals surface area contributed by atoms with Gasteiger partial charge in [0.05, 0.1) is 10.8 Å². The Hall–Kier alpha value is -4.36. The Bertz CT molecular complexity index is 1810. The Morgan fingerprint density at radius 2 is 1.82 bits per heavy atom. The molecule has 7 nitrogen and oxygen atoms in total. The number of halogens is 1. The van der Waals surface area contributed by atoms with Gasteiger partial charge in [-0.15, -0.1) is 23.1 Å². The fourth-order valence-corrected chi connectivity index (χ4v) is 7.47. The normalized spacial score (nSPS) is 14.9. The number of carbonyl (C=O) groups excluding carboxylic acids is 3. The lowest BCUT2D eigenvalue weighted by Gasteiger charge is -2.17. The highest BCUT2D eigenvalue weighted by molar-refractivity contribution is 8.00. The van der Waals surface area contributed by atoms with Crippen molar-refractivity contribution < 1.29 is 14.4 Å². The minimum atomic E-state index is -0.521. The molecule has 2 atom stereocenters. The van der Waals surface area contributed by atoms with Crippen LogP contribution in [0.1, 0.15) is 52.2 Å². The van der Waals surface area contributed by atoms with Crippen LogP contribution in [0.4, 0.5) is 10.7 Å². The number of hydrogen-bond acceptors (Lipinski definition) is 6. The molecule has 1 heterocycles. The van der Waals surface area contributed by atoms with Crippen molar-refractivity contribution in [3.8, 4) is 6.07 Å². The lowest BCUT2D eigenvalue weighted by molar-refractivity contribution is -0.115. The molecule has 0 saturated carbocycles. The van der Waals surface area contributed by atoms with E-state index in [1.165, 1.54) is 28.0 Å². The molecule has 1 aliphatic carbocycles. The van der Waals surface area contributed by atoms with Crippen LogP contribution in [0.2, 0.25) is 5.02 Å². The number of nitrogens with zero attached hydrogens (tertiary/aromatic N) is 1. The van der Waals surface area contributed by atoms with Crippen molar-refractivity contribution in [1.29, 1.82) is 5.26 Å². The zero-order valence-corrected chi connectivity index (χ0v) is 27.1. The molecular formula is C35H31ClN4O3S2. The predicted molar refractivity (Wildman–Crippen MR) is 183 cm³/mol. The molecule has 5 rings (SSSR count). The van der Waals surface area contributed by atoms with Gasteiger partial charge in [-0.3, -0.25) is 14.4 Å². The van der Waals surface area contributed by atoms with Gasteiger partial charge in [-0.1, -0.05) is 54.9 Å². The molecule has 1 aliphatic rings. The number of carbonyl (C=O) groups is 3. The van der Waals surface area contributed by atoms with Crippen molar-refractivity contribution in [2.24, 2.45) is 5.92 Å². The third kappa shape index (κ3) is 8.22. The Morgan fingerprint density at radius 3 is 2.58 bits per heavy atom. The van der Waals surface area contributed by atoms with Gasteiger partial charge in [0.15, 0.2) is 0 Å². The quantitative estimate of drug-likeness (QED) is 0.125. The van der Waals surface area contributed by atoms with Gasteiger partial charge < -0.3 is 16.0 Å². The summed E-state index contributed by atoms with van der Waals surface area (Å²) in [5.74, 6) is -0.582. The Labute approximate surface area is 275 Å². The maximum absolute atomic E-state index is 13.5. The highest BCUT2D eigenvalue weighted by Gasteiger charge is 2.26. The van der Waals surface area contributed by atoms with Gasteiger partial charge >= 0.3 is 0 Å². The number of thioether (sulfide) groups is 1. The molecule has 0 bridgehead atoms. The minimum absolute atomic E-state index is 0.0401. The minimum Gasteiger partial charge on any atom is -0.321 e. The third-order valence-electron chi connectivity index (χ3n) is 7.32. The van der Waals surface area contributed by atoms with Gasteiger partial charge in [0.1, 0.15) is 16.8 Å². The molecule has 3 amide bonds. The molecule has 3 N–H and O–H groups in total. The van der Waals surface area contributed by atoms with Crippen molar-refractivity contribution in [3.05, 3.63) is 117 Å². The van der Waals surface area contributed by atoms with Gasteiger partial charge in [0.25, 0.3) is 11.8 Å². The van der Waals surface area contributed by atoms with E-state index in [1.54, 1.807) is 85.8 Å². The summed E-state index contributed by atoms with van der Waals surface area (Å²) in [6.45, 7) is 4.01. The SMILES string of the molecule is CC1CCc2c(sc(NC(=O)C(C)Sc3cccc(NC(=O)/C(=C/c4cccc(Cl)c4)NC(=O)c4ccccc4)c3)c2C#N)C1. The van der Waals surface area contributed by atoms with Crippen LogP contribution in [0.5, 0.6) is 0 Å². The van der Waals surface area contributed by atoms with Gasteiger partial charge in [-0.2, -0.15) is 5.26 Å². The number of anilines is 2. The smallest absolute Gasteiger partial charge is 0.272 e. The van der Waals surface area contributed by atoms with Crippen molar-refractivity contribution in [2.75, 3.05) is 10.6 Å². The van der Waals surface area contributed by atoms with Gasteiger partial charge in [-0.25, -0.2) is 0 Å². The zero-order valence-electron chi connectivity index (χ0n) is 24.7. The van der Waals surface area contributed by atoms with Crippen molar-refractivity contribution in [2.45, 2.75) is 43.3 Å². The summed E-state index contributed by atoms with van der Waals surface area (Å²) in [6, 6.07) is 25.0. The van der Waals surface area contributed by atoms with Crippen LogP contribution in [0, 0.1) is 17.2 Å². The fraction of sp³-hybridized carbons (Fsp3) is 0.200. The van der Waals surface area contributed by atoms with E-state index in [-0.39, 0.29) is 11.6 Å². The summed E-state index contributed by atoms with van der Waals surface area (Å²) < 4.78 is 0. The second-order valence-electron chi connectivity index (χ2n) is 10.8. The highest BCUT2D eigenvalue weighted by atomic mass is 35.5. The number of amides is 3. The van der Waals surface area contributed by atoms with E-state index in [0.717, 1.165) is 29.7 Å². The maximum Gasteiger partial charge on any atom is 0.272 e. The van der Waals surface area contributed by atoms with Crippen LogP contribution in [0.3, 0.4) is 0 Å². The maximum atomic E-state index is 13.5. The molecule has 10 heteroatoms. The van der Waals surface area contributed by atoms with E-state index in [9.17, 15) is 19.6 Å². The summed E-state index contributed by atoms with van der Waals surface area (Å²) >= 11 is 8.99. The summed E-state index contributed by atoms with van der Waals surface area (Å²) in [7, 11) is 0. The molecule has 4 aromatic rings. The molecule has 0 saturated heterocycles. The van der Waals surface area contributed by atoms with Crippen LogP contribution >= 0.6 is 34.7 Å². The number of fused-ring (bicyclic) bond motifs is 1. The first-order chi connectivity index (χ1) is 21.7. The van der Waals surface area contributed by atoms with Crippen LogP contribution < -0.4 is 16.0 Å². The monoisotopic (exact) mass is 654 g/mol. The Kier molecular flexibility index (Phi) is 10.4. The zero-order chi connectivity index (χ0) is 31.9. The van der Waals surface area contributed by atoms with E-state index in [0.29, 0.717) is 38.3 Å². The summed E-state index contributed by atoms with van der Waals surface area (Å²) in [4.78, 5) is 41.5. The van der Waals surface area contributed by atoms with E-state index in [1.807, 2.05) is 6.07 Å². The molecule has 0 spiro atoms. The lowest BCUT2D eigenvalue weighted by atomic mass is 9.89. The Balaban J connectivity index is 1.28. The van der Waals surface area contributed by atoms with Crippen molar-refractivity contribution in [3.63, 3.8) is 0 Å². The van der Waals surface area contributed by atoms with Gasteiger partial charge in [0.2, 0.25) is 5.91 Å². The third-order valence-corrected chi connectivity index (χ3v) is 9.82. The molecule has 0 aliphatic heterocycles. The number of nitrogens with one attached hydrogen (secondary N) is 3. The van der Waals surface area contributed by atoms with Crippen molar-refractivity contribution in [1.82, 2.24) is 5.32 Å². The number of nitriles is 1. The number of hydrogen-bond donors (Lipinski definition) is 3. The second-order valence-corrected chi connectivity index (χ2v) is 13.8.